The van der Waals surface area contributed by atoms with Gasteiger partial charge in [-0.15, -0.1) is 0 Å². The first-order valence-electron chi connectivity index (χ1n) is 8.36. The van der Waals surface area contributed by atoms with E-state index in [9.17, 15) is 14.7 Å². The molecule has 0 aliphatic heterocycles. The molecule has 0 fully saturated rings. The van der Waals surface area contributed by atoms with Crippen molar-refractivity contribution in [2.24, 2.45) is 0 Å². The minimum Gasteiger partial charge on any atom is -0.478 e. The van der Waals surface area contributed by atoms with Gasteiger partial charge in [0.15, 0.2) is 0 Å². The molecule has 0 aliphatic carbocycles. The van der Waals surface area contributed by atoms with Crippen LogP contribution in [0.4, 0.5) is 0 Å². The summed E-state index contributed by atoms with van der Waals surface area (Å²) in [5.41, 5.74) is 1.82. The van der Waals surface area contributed by atoms with Crippen molar-refractivity contribution < 1.29 is 14.7 Å². The third-order valence-electron chi connectivity index (χ3n) is 4.11. The van der Waals surface area contributed by atoms with E-state index in [4.69, 9.17) is 0 Å². The maximum absolute atomic E-state index is 12.2. The lowest BCUT2D eigenvalue weighted by atomic mass is 10.0. The van der Waals surface area contributed by atoms with Crippen LogP contribution in [0, 0.1) is 0 Å². The van der Waals surface area contributed by atoms with E-state index in [0.29, 0.717) is 6.54 Å². The van der Waals surface area contributed by atoms with Crippen molar-refractivity contribution in [3.8, 4) is 0 Å². The quantitative estimate of drug-likeness (QED) is 0.663. The average molecular weight is 345 g/mol. The SMILES string of the molecule is O=C(C/C(=C/c1cccc2ccccc12)C(=O)O)NCc1ccccc1. The fourth-order valence-corrected chi connectivity index (χ4v) is 2.78. The van der Waals surface area contributed by atoms with E-state index in [1.807, 2.05) is 72.8 Å². The largest absolute Gasteiger partial charge is 0.478 e. The molecule has 0 radical (unpaired) electrons. The second-order valence-electron chi connectivity index (χ2n) is 5.98. The van der Waals surface area contributed by atoms with Crippen LogP contribution in [-0.2, 0) is 16.1 Å². The highest BCUT2D eigenvalue weighted by Crippen LogP contribution is 2.21. The number of nitrogens with one attached hydrogen (secondary N) is 1. The molecule has 0 spiro atoms. The van der Waals surface area contributed by atoms with Gasteiger partial charge in [0.2, 0.25) is 5.91 Å². The number of amides is 1. The first-order chi connectivity index (χ1) is 12.6. The van der Waals surface area contributed by atoms with E-state index < -0.39 is 5.97 Å². The summed E-state index contributed by atoms with van der Waals surface area (Å²) in [4.78, 5) is 23.8. The van der Waals surface area contributed by atoms with Gasteiger partial charge in [-0.1, -0.05) is 72.8 Å². The zero-order valence-electron chi connectivity index (χ0n) is 14.2. The number of fused-ring (bicyclic) bond motifs is 1. The lowest BCUT2D eigenvalue weighted by molar-refractivity contribution is -0.134. The van der Waals surface area contributed by atoms with Crippen LogP contribution in [0.15, 0.2) is 78.4 Å². The normalized spacial score (nSPS) is 11.3. The third-order valence-corrected chi connectivity index (χ3v) is 4.11. The van der Waals surface area contributed by atoms with Gasteiger partial charge in [0.25, 0.3) is 0 Å². The molecule has 4 heteroatoms. The van der Waals surface area contributed by atoms with Gasteiger partial charge in [-0.2, -0.15) is 0 Å². The van der Waals surface area contributed by atoms with Crippen molar-refractivity contribution >= 4 is 28.7 Å². The Morgan fingerprint density at radius 1 is 0.885 bits per heavy atom. The summed E-state index contributed by atoms with van der Waals surface area (Å²) in [5.74, 6) is -1.41. The van der Waals surface area contributed by atoms with Crippen LogP contribution in [0.3, 0.4) is 0 Å². The summed E-state index contributed by atoms with van der Waals surface area (Å²) in [6.45, 7) is 0.376. The molecular weight excluding hydrogens is 326 g/mol. The molecule has 0 unspecified atom stereocenters. The van der Waals surface area contributed by atoms with Gasteiger partial charge in [-0.05, 0) is 28.0 Å². The Balaban J connectivity index is 1.77. The van der Waals surface area contributed by atoms with E-state index in [1.165, 1.54) is 0 Å². The molecule has 1 amide bonds. The fourth-order valence-electron chi connectivity index (χ4n) is 2.78. The van der Waals surface area contributed by atoms with E-state index in [0.717, 1.165) is 21.9 Å². The number of hydrogen-bond donors (Lipinski definition) is 2. The number of carbonyl (C=O) groups is 2. The molecular formula is C22H19NO3. The molecule has 3 aromatic carbocycles. The maximum atomic E-state index is 12.2. The second kappa shape index (κ2) is 8.12. The highest BCUT2D eigenvalue weighted by atomic mass is 16.4. The van der Waals surface area contributed by atoms with Crippen LogP contribution < -0.4 is 5.32 Å². The summed E-state index contributed by atoms with van der Waals surface area (Å²) < 4.78 is 0. The number of rotatable bonds is 6. The number of hydrogen-bond acceptors (Lipinski definition) is 2. The fraction of sp³-hybridized carbons (Fsp3) is 0.0909. The monoisotopic (exact) mass is 345 g/mol. The van der Waals surface area contributed by atoms with Gasteiger partial charge in [0, 0.05) is 12.1 Å². The lowest BCUT2D eigenvalue weighted by Crippen LogP contribution is -2.24. The zero-order valence-corrected chi connectivity index (χ0v) is 14.2. The van der Waals surface area contributed by atoms with Crippen LogP contribution in [0.25, 0.3) is 16.8 Å². The van der Waals surface area contributed by atoms with Crippen molar-refractivity contribution in [3.63, 3.8) is 0 Å². The van der Waals surface area contributed by atoms with Gasteiger partial charge in [-0.25, -0.2) is 4.79 Å². The minimum atomic E-state index is -1.09. The van der Waals surface area contributed by atoms with E-state index in [-0.39, 0.29) is 17.9 Å². The number of benzene rings is 3. The van der Waals surface area contributed by atoms with Crippen molar-refractivity contribution in [1.82, 2.24) is 5.32 Å². The Bertz CT molecular complexity index is 956. The summed E-state index contributed by atoms with van der Waals surface area (Å²) in [6.07, 6.45) is 1.40. The molecule has 0 saturated heterocycles. The van der Waals surface area contributed by atoms with Crippen molar-refractivity contribution in [1.29, 1.82) is 0 Å². The van der Waals surface area contributed by atoms with Crippen LogP contribution in [0.2, 0.25) is 0 Å². The maximum Gasteiger partial charge on any atom is 0.332 e. The number of carbonyl (C=O) groups excluding carboxylic acids is 1. The smallest absolute Gasteiger partial charge is 0.332 e. The predicted molar refractivity (Wildman–Crippen MR) is 102 cm³/mol. The molecule has 0 saturated carbocycles. The highest BCUT2D eigenvalue weighted by Gasteiger charge is 2.13. The summed E-state index contributed by atoms with van der Waals surface area (Å²) in [5, 5.41) is 14.2. The second-order valence-corrected chi connectivity index (χ2v) is 5.98. The average Bonchev–Trinajstić information content (AvgIpc) is 2.67. The molecule has 130 valence electrons. The third kappa shape index (κ3) is 4.36. The Kier molecular flexibility index (Phi) is 5.44. The zero-order chi connectivity index (χ0) is 18.4. The van der Waals surface area contributed by atoms with E-state index in [1.54, 1.807) is 6.08 Å². The van der Waals surface area contributed by atoms with Gasteiger partial charge >= 0.3 is 5.97 Å². The van der Waals surface area contributed by atoms with Crippen LogP contribution in [0.5, 0.6) is 0 Å². The van der Waals surface area contributed by atoms with Crippen LogP contribution in [0.1, 0.15) is 17.5 Å². The molecule has 0 heterocycles. The molecule has 0 bridgehead atoms. The molecule has 3 aromatic rings. The van der Waals surface area contributed by atoms with Crippen LogP contribution in [-0.4, -0.2) is 17.0 Å². The molecule has 3 rings (SSSR count). The van der Waals surface area contributed by atoms with Gasteiger partial charge in [0.05, 0.1) is 6.42 Å². The van der Waals surface area contributed by atoms with E-state index in [2.05, 4.69) is 5.32 Å². The van der Waals surface area contributed by atoms with Gasteiger partial charge in [-0.3, -0.25) is 4.79 Å². The minimum absolute atomic E-state index is 0.0620. The molecule has 0 aliphatic rings. The van der Waals surface area contributed by atoms with Gasteiger partial charge < -0.3 is 10.4 Å². The van der Waals surface area contributed by atoms with Crippen LogP contribution >= 0.6 is 0 Å². The first-order valence-corrected chi connectivity index (χ1v) is 8.36. The standard InChI is InChI=1S/C22H19NO3/c24-21(23-15-16-7-2-1-3-8-16)14-19(22(25)26)13-18-11-6-10-17-9-4-5-12-20(17)18/h1-13H,14-15H2,(H,23,24)(H,25,26)/b19-13-. The molecule has 4 nitrogen and oxygen atoms in total. The van der Waals surface area contributed by atoms with E-state index >= 15 is 0 Å². The Labute approximate surface area is 151 Å². The lowest BCUT2D eigenvalue weighted by Gasteiger charge is -2.07. The number of aliphatic carboxylic acids is 1. The van der Waals surface area contributed by atoms with Gasteiger partial charge in [0.1, 0.15) is 0 Å². The molecule has 0 atom stereocenters. The number of carboxylic acids is 1. The number of carboxylic acid groups (broad SMARTS) is 1. The Morgan fingerprint density at radius 3 is 2.35 bits per heavy atom. The molecule has 26 heavy (non-hydrogen) atoms. The molecule has 0 aromatic heterocycles. The van der Waals surface area contributed by atoms with Crippen molar-refractivity contribution in [2.75, 3.05) is 0 Å². The topological polar surface area (TPSA) is 66.4 Å². The Morgan fingerprint density at radius 2 is 1.58 bits per heavy atom. The summed E-state index contributed by atoms with van der Waals surface area (Å²) in [6, 6.07) is 23.0. The predicted octanol–water partition coefficient (Wildman–Crippen LogP) is 4.01. The summed E-state index contributed by atoms with van der Waals surface area (Å²) in [7, 11) is 0. The Hall–Kier alpha value is -3.40. The summed E-state index contributed by atoms with van der Waals surface area (Å²) >= 11 is 0. The first kappa shape index (κ1) is 17.4. The van der Waals surface area contributed by atoms with Crippen molar-refractivity contribution in [3.05, 3.63) is 89.5 Å². The molecule has 2 N–H and O–H groups in total. The highest BCUT2D eigenvalue weighted by molar-refractivity contribution is 6.01. The van der Waals surface area contributed by atoms with Crippen molar-refractivity contribution in [2.45, 2.75) is 13.0 Å².